The summed E-state index contributed by atoms with van der Waals surface area (Å²) in [6, 6.07) is 7.92. The van der Waals surface area contributed by atoms with Crippen molar-refractivity contribution in [1.82, 2.24) is 9.80 Å². The Morgan fingerprint density at radius 2 is 2.00 bits per heavy atom. The van der Waals surface area contributed by atoms with Crippen LogP contribution < -0.4 is 10.1 Å². The highest BCUT2D eigenvalue weighted by molar-refractivity contribution is 5.89. The minimum absolute atomic E-state index is 0.0319. The predicted octanol–water partition coefficient (Wildman–Crippen LogP) is 2.64. The van der Waals surface area contributed by atoms with Crippen LogP contribution in [0.4, 0.5) is 10.5 Å². The number of amides is 2. The van der Waals surface area contributed by atoms with Crippen LogP contribution in [-0.2, 0) is 0 Å². The van der Waals surface area contributed by atoms with Crippen molar-refractivity contribution >= 4 is 11.7 Å². The Labute approximate surface area is 132 Å². The fourth-order valence-electron chi connectivity index (χ4n) is 3.71. The van der Waals surface area contributed by atoms with Crippen molar-refractivity contribution in [1.29, 1.82) is 0 Å². The molecule has 1 aromatic rings. The second-order valence-electron chi connectivity index (χ2n) is 6.37. The van der Waals surface area contributed by atoms with Gasteiger partial charge in [-0.25, -0.2) is 4.79 Å². The van der Waals surface area contributed by atoms with Gasteiger partial charge in [-0.3, -0.25) is 0 Å². The summed E-state index contributed by atoms with van der Waals surface area (Å²) in [5.74, 6) is 1.42. The van der Waals surface area contributed by atoms with E-state index >= 15 is 0 Å². The van der Waals surface area contributed by atoms with Crippen molar-refractivity contribution in [2.75, 3.05) is 39.1 Å². The van der Waals surface area contributed by atoms with Crippen LogP contribution >= 0.6 is 0 Å². The highest BCUT2D eigenvalue weighted by atomic mass is 16.5. The first-order valence-corrected chi connectivity index (χ1v) is 8.07. The molecule has 3 rings (SSSR count). The molecule has 0 radical (unpaired) electrons. The summed E-state index contributed by atoms with van der Waals surface area (Å²) in [7, 11) is 3.81. The normalized spacial score (nSPS) is 25.5. The quantitative estimate of drug-likeness (QED) is 0.913. The fourth-order valence-corrected chi connectivity index (χ4v) is 3.71. The number of piperidine rings is 2. The first kappa shape index (κ1) is 15.2. The summed E-state index contributed by atoms with van der Waals surface area (Å²) >= 11 is 0. The molecule has 2 aliphatic heterocycles. The molecular formula is C17H25N3O2. The summed E-state index contributed by atoms with van der Waals surface area (Å²) in [5.41, 5.74) is 0.820. The summed E-state index contributed by atoms with van der Waals surface area (Å²) in [4.78, 5) is 17.1. The molecule has 0 bridgehead atoms. The molecule has 1 aromatic carbocycles. The molecule has 22 heavy (non-hydrogen) atoms. The number of carbonyl (C=O) groups excluding carboxylic acids is 1. The second-order valence-corrected chi connectivity index (χ2v) is 6.37. The van der Waals surface area contributed by atoms with E-state index in [4.69, 9.17) is 4.74 Å². The number of benzene rings is 1. The molecule has 0 aliphatic carbocycles. The Hall–Kier alpha value is -1.75. The van der Waals surface area contributed by atoms with Gasteiger partial charge in [-0.05, 0) is 63.0 Å². The van der Waals surface area contributed by atoms with Crippen LogP contribution in [0.15, 0.2) is 24.3 Å². The Kier molecular flexibility index (Phi) is 4.52. The van der Waals surface area contributed by atoms with Crippen LogP contribution in [0.5, 0.6) is 5.75 Å². The molecule has 0 unspecified atom stereocenters. The maximum atomic E-state index is 12.6. The van der Waals surface area contributed by atoms with Crippen LogP contribution in [0.2, 0.25) is 0 Å². The third-order valence-electron chi connectivity index (χ3n) is 4.87. The van der Waals surface area contributed by atoms with Crippen molar-refractivity contribution < 1.29 is 9.53 Å². The van der Waals surface area contributed by atoms with E-state index in [9.17, 15) is 4.79 Å². The van der Waals surface area contributed by atoms with Gasteiger partial charge in [-0.2, -0.15) is 0 Å². The SMILES string of the molecule is COc1ccc(NC(=O)N2CCC[C@H]3CN(C)CC[C@H]32)cc1. The number of anilines is 1. The Balaban J connectivity index is 1.65. The van der Waals surface area contributed by atoms with Crippen LogP contribution in [-0.4, -0.2) is 55.7 Å². The van der Waals surface area contributed by atoms with Crippen molar-refractivity contribution in [2.24, 2.45) is 5.92 Å². The summed E-state index contributed by atoms with van der Waals surface area (Å²) in [6.45, 7) is 3.05. The number of likely N-dealkylation sites (tertiary alicyclic amines) is 2. The number of rotatable bonds is 2. The third kappa shape index (κ3) is 3.19. The maximum Gasteiger partial charge on any atom is 0.322 e. The molecular weight excluding hydrogens is 278 g/mol. The standard InChI is InChI=1S/C17H25N3O2/c1-19-11-9-16-13(12-19)4-3-10-20(16)17(21)18-14-5-7-15(22-2)8-6-14/h5-8,13,16H,3-4,9-12H2,1-2H3,(H,18,21)/t13-,16+/m0/s1. The molecule has 2 heterocycles. The van der Waals surface area contributed by atoms with Crippen LogP contribution in [0, 0.1) is 5.92 Å². The van der Waals surface area contributed by atoms with Gasteiger partial charge in [-0.15, -0.1) is 0 Å². The van der Waals surface area contributed by atoms with E-state index in [1.165, 1.54) is 6.42 Å². The van der Waals surface area contributed by atoms with E-state index in [1.54, 1.807) is 7.11 Å². The first-order valence-electron chi connectivity index (χ1n) is 8.07. The lowest BCUT2D eigenvalue weighted by Gasteiger charge is -2.46. The van der Waals surface area contributed by atoms with Gasteiger partial charge in [0.1, 0.15) is 5.75 Å². The van der Waals surface area contributed by atoms with Crippen LogP contribution in [0.25, 0.3) is 0 Å². The molecule has 2 saturated heterocycles. The van der Waals surface area contributed by atoms with Gasteiger partial charge in [0, 0.05) is 24.8 Å². The van der Waals surface area contributed by atoms with Gasteiger partial charge in [0.2, 0.25) is 0 Å². The van der Waals surface area contributed by atoms with Crippen LogP contribution in [0.3, 0.4) is 0 Å². The number of fused-ring (bicyclic) bond motifs is 1. The zero-order valence-corrected chi connectivity index (χ0v) is 13.4. The number of methoxy groups -OCH3 is 1. The highest BCUT2D eigenvalue weighted by Crippen LogP contribution is 2.30. The first-order chi connectivity index (χ1) is 10.7. The smallest absolute Gasteiger partial charge is 0.322 e. The van der Waals surface area contributed by atoms with Gasteiger partial charge in [0.15, 0.2) is 0 Å². The molecule has 0 aromatic heterocycles. The lowest BCUT2D eigenvalue weighted by molar-refractivity contribution is 0.0579. The van der Waals surface area contributed by atoms with Crippen molar-refractivity contribution in [3.8, 4) is 5.75 Å². The number of hydrogen-bond donors (Lipinski definition) is 1. The largest absolute Gasteiger partial charge is 0.497 e. The predicted molar refractivity (Wildman–Crippen MR) is 87.3 cm³/mol. The Bertz CT molecular complexity index is 517. The summed E-state index contributed by atoms with van der Waals surface area (Å²) < 4.78 is 5.14. The van der Waals surface area contributed by atoms with E-state index in [0.717, 1.165) is 43.9 Å². The number of nitrogens with one attached hydrogen (secondary N) is 1. The van der Waals surface area contributed by atoms with Crippen molar-refractivity contribution in [3.05, 3.63) is 24.3 Å². The molecule has 2 aliphatic rings. The Morgan fingerprint density at radius 1 is 1.23 bits per heavy atom. The van der Waals surface area contributed by atoms with Crippen molar-refractivity contribution in [2.45, 2.75) is 25.3 Å². The molecule has 2 amide bonds. The minimum atomic E-state index is 0.0319. The molecule has 2 atom stereocenters. The van der Waals surface area contributed by atoms with E-state index in [1.807, 2.05) is 29.2 Å². The highest BCUT2D eigenvalue weighted by Gasteiger charge is 2.37. The minimum Gasteiger partial charge on any atom is -0.497 e. The fraction of sp³-hybridized carbons (Fsp3) is 0.588. The number of hydrogen-bond acceptors (Lipinski definition) is 3. The Morgan fingerprint density at radius 3 is 2.73 bits per heavy atom. The van der Waals surface area contributed by atoms with E-state index < -0.39 is 0 Å². The zero-order valence-electron chi connectivity index (χ0n) is 13.4. The van der Waals surface area contributed by atoms with E-state index in [0.29, 0.717) is 12.0 Å². The molecule has 5 heteroatoms. The molecule has 5 nitrogen and oxygen atoms in total. The van der Waals surface area contributed by atoms with Crippen molar-refractivity contribution in [3.63, 3.8) is 0 Å². The van der Waals surface area contributed by atoms with Gasteiger partial charge < -0.3 is 19.9 Å². The van der Waals surface area contributed by atoms with E-state index in [-0.39, 0.29) is 6.03 Å². The van der Waals surface area contributed by atoms with Gasteiger partial charge in [-0.1, -0.05) is 0 Å². The lowest BCUT2D eigenvalue weighted by atomic mass is 9.84. The van der Waals surface area contributed by atoms with Gasteiger partial charge >= 0.3 is 6.03 Å². The summed E-state index contributed by atoms with van der Waals surface area (Å²) in [6.07, 6.45) is 3.42. The van der Waals surface area contributed by atoms with E-state index in [2.05, 4.69) is 17.3 Å². The van der Waals surface area contributed by atoms with Crippen LogP contribution in [0.1, 0.15) is 19.3 Å². The zero-order chi connectivity index (χ0) is 15.5. The van der Waals surface area contributed by atoms with Gasteiger partial charge in [0.25, 0.3) is 0 Å². The topological polar surface area (TPSA) is 44.8 Å². The molecule has 1 N–H and O–H groups in total. The van der Waals surface area contributed by atoms with Gasteiger partial charge in [0.05, 0.1) is 7.11 Å². The number of nitrogens with zero attached hydrogens (tertiary/aromatic N) is 2. The number of ether oxygens (including phenoxy) is 1. The molecule has 0 spiro atoms. The number of carbonyl (C=O) groups is 1. The molecule has 2 fully saturated rings. The summed E-state index contributed by atoms with van der Waals surface area (Å²) in [5, 5.41) is 3.03. The molecule has 120 valence electrons. The molecule has 0 saturated carbocycles. The third-order valence-corrected chi connectivity index (χ3v) is 4.87. The second kappa shape index (κ2) is 6.57. The monoisotopic (exact) mass is 303 g/mol. The maximum absolute atomic E-state index is 12.6. The average molecular weight is 303 g/mol. The number of urea groups is 1. The average Bonchev–Trinajstić information content (AvgIpc) is 2.54. The lowest BCUT2D eigenvalue weighted by Crippen LogP contribution is -2.56.